The summed E-state index contributed by atoms with van der Waals surface area (Å²) in [6.07, 6.45) is 1.92. The summed E-state index contributed by atoms with van der Waals surface area (Å²) in [5.41, 5.74) is 2.76. The van der Waals surface area contributed by atoms with Gasteiger partial charge in [-0.1, -0.05) is 67.2 Å². The molecule has 1 N–H and O–H groups in total. The van der Waals surface area contributed by atoms with E-state index in [1.165, 1.54) is 5.56 Å². The van der Waals surface area contributed by atoms with Crippen LogP contribution in [0.15, 0.2) is 119 Å². The molecule has 0 saturated carbocycles. The number of amides is 2. The third kappa shape index (κ3) is 7.98. The Morgan fingerprint density at radius 3 is 2.00 bits per heavy atom. The smallest absolute Gasteiger partial charge is 0.326 e. The van der Waals surface area contributed by atoms with Gasteiger partial charge in [-0.2, -0.15) is 0 Å². The van der Waals surface area contributed by atoms with E-state index in [-0.39, 0.29) is 12.0 Å². The molecule has 2 amide bonds. The first-order chi connectivity index (χ1) is 18.1. The number of anilines is 2. The van der Waals surface area contributed by atoms with Crippen molar-refractivity contribution in [2.45, 2.75) is 36.0 Å². The number of nitrogens with zero attached hydrogens (tertiary/aromatic N) is 1. The van der Waals surface area contributed by atoms with Crippen molar-refractivity contribution in [3.05, 3.63) is 115 Å². The SMILES string of the molecule is CCCC(=O)Oc1ccc(Sc2ccc(N(CCc3ccccc3)C(=O)Nc3ccccc3)cc2)cc1. The molecule has 4 aromatic rings. The lowest BCUT2D eigenvalue weighted by atomic mass is 10.1. The molecule has 0 aromatic heterocycles. The summed E-state index contributed by atoms with van der Waals surface area (Å²) >= 11 is 1.61. The summed E-state index contributed by atoms with van der Waals surface area (Å²) in [6.45, 7) is 2.50. The normalized spacial score (nSPS) is 10.5. The Kier molecular flexibility index (Phi) is 9.38. The summed E-state index contributed by atoms with van der Waals surface area (Å²) in [6, 6.07) is 34.9. The Morgan fingerprint density at radius 1 is 0.784 bits per heavy atom. The number of hydrogen-bond donors (Lipinski definition) is 1. The van der Waals surface area contributed by atoms with Gasteiger partial charge in [0.25, 0.3) is 0 Å². The minimum atomic E-state index is -0.216. The number of nitrogens with one attached hydrogen (secondary N) is 1. The zero-order valence-corrected chi connectivity index (χ0v) is 21.6. The highest BCUT2D eigenvalue weighted by atomic mass is 32.2. The molecule has 4 aromatic carbocycles. The number of urea groups is 1. The molecule has 5 nitrogen and oxygen atoms in total. The number of rotatable bonds is 10. The largest absolute Gasteiger partial charge is 0.427 e. The summed E-state index contributed by atoms with van der Waals surface area (Å²) < 4.78 is 5.33. The Balaban J connectivity index is 1.44. The number of carbonyl (C=O) groups excluding carboxylic acids is 2. The van der Waals surface area contributed by atoms with Gasteiger partial charge in [-0.15, -0.1) is 0 Å². The maximum atomic E-state index is 13.2. The van der Waals surface area contributed by atoms with E-state index in [1.54, 1.807) is 16.7 Å². The van der Waals surface area contributed by atoms with Crippen molar-refractivity contribution in [3.8, 4) is 5.75 Å². The molecule has 6 heteroatoms. The molecule has 37 heavy (non-hydrogen) atoms. The molecule has 0 spiro atoms. The quantitative estimate of drug-likeness (QED) is 0.174. The number of ether oxygens (including phenoxy) is 1. The first-order valence-corrected chi connectivity index (χ1v) is 13.2. The first kappa shape index (κ1) is 26.0. The van der Waals surface area contributed by atoms with Crippen LogP contribution in [0.3, 0.4) is 0 Å². The topological polar surface area (TPSA) is 58.6 Å². The summed E-state index contributed by atoms with van der Waals surface area (Å²) in [5, 5.41) is 3.00. The molecule has 0 atom stereocenters. The second kappa shape index (κ2) is 13.3. The molecule has 0 aliphatic rings. The van der Waals surface area contributed by atoms with Gasteiger partial charge in [0, 0.05) is 34.1 Å². The fourth-order valence-corrected chi connectivity index (χ4v) is 4.55. The summed E-state index contributed by atoms with van der Waals surface area (Å²) in [5.74, 6) is 0.336. The van der Waals surface area contributed by atoms with Crippen molar-refractivity contribution in [3.63, 3.8) is 0 Å². The molecule has 0 aliphatic carbocycles. The zero-order valence-electron chi connectivity index (χ0n) is 20.8. The third-order valence-electron chi connectivity index (χ3n) is 5.63. The Labute approximate surface area is 222 Å². The maximum Gasteiger partial charge on any atom is 0.326 e. The average Bonchev–Trinajstić information content (AvgIpc) is 2.92. The second-order valence-electron chi connectivity index (χ2n) is 8.47. The van der Waals surface area contributed by atoms with Crippen LogP contribution in [0.4, 0.5) is 16.2 Å². The molecule has 188 valence electrons. The minimum Gasteiger partial charge on any atom is -0.427 e. The number of esters is 1. The van der Waals surface area contributed by atoms with Gasteiger partial charge >= 0.3 is 12.0 Å². The van der Waals surface area contributed by atoms with Crippen molar-refractivity contribution in [1.29, 1.82) is 0 Å². The van der Waals surface area contributed by atoms with E-state index in [4.69, 9.17) is 4.74 Å². The van der Waals surface area contributed by atoms with Gasteiger partial charge in [-0.3, -0.25) is 9.69 Å². The van der Waals surface area contributed by atoms with Crippen LogP contribution in [0.1, 0.15) is 25.3 Å². The van der Waals surface area contributed by atoms with Crippen LogP contribution < -0.4 is 15.0 Å². The van der Waals surface area contributed by atoms with Crippen molar-refractivity contribution in [2.24, 2.45) is 0 Å². The van der Waals surface area contributed by atoms with Gasteiger partial charge in [-0.25, -0.2) is 4.79 Å². The molecule has 0 aliphatic heterocycles. The lowest BCUT2D eigenvalue weighted by Crippen LogP contribution is -2.36. The molecular formula is C31H30N2O3S. The highest BCUT2D eigenvalue weighted by Gasteiger charge is 2.16. The highest BCUT2D eigenvalue weighted by molar-refractivity contribution is 7.99. The maximum absolute atomic E-state index is 13.2. The van der Waals surface area contributed by atoms with Crippen LogP contribution in [0, 0.1) is 0 Å². The molecule has 0 radical (unpaired) electrons. The molecule has 0 fully saturated rings. The molecule has 0 heterocycles. The van der Waals surface area contributed by atoms with E-state index in [9.17, 15) is 9.59 Å². The van der Waals surface area contributed by atoms with E-state index in [2.05, 4.69) is 17.4 Å². The van der Waals surface area contributed by atoms with Crippen molar-refractivity contribution in [2.75, 3.05) is 16.8 Å². The van der Waals surface area contributed by atoms with Crippen LogP contribution in [0.2, 0.25) is 0 Å². The summed E-state index contributed by atoms with van der Waals surface area (Å²) in [4.78, 5) is 28.8. The van der Waals surface area contributed by atoms with Gasteiger partial charge < -0.3 is 10.1 Å². The van der Waals surface area contributed by atoms with Crippen LogP contribution in [-0.2, 0) is 11.2 Å². The molecule has 4 rings (SSSR count). The second-order valence-corrected chi connectivity index (χ2v) is 9.62. The third-order valence-corrected chi connectivity index (χ3v) is 6.65. The van der Waals surface area contributed by atoms with Gasteiger partial charge in [0.2, 0.25) is 0 Å². The Bertz CT molecular complexity index is 1280. The minimum absolute atomic E-state index is 0.171. The first-order valence-electron chi connectivity index (χ1n) is 12.4. The predicted octanol–water partition coefficient (Wildman–Crippen LogP) is 7.82. The molecule has 0 bridgehead atoms. The van der Waals surface area contributed by atoms with Crippen LogP contribution in [-0.4, -0.2) is 18.5 Å². The van der Waals surface area contributed by atoms with Crippen LogP contribution >= 0.6 is 11.8 Å². The Hall–Kier alpha value is -4.03. The van der Waals surface area contributed by atoms with E-state index in [0.29, 0.717) is 18.7 Å². The van der Waals surface area contributed by atoms with Crippen molar-refractivity contribution >= 4 is 35.1 Å². The summed E-state index contributed by atoms with van der Waals surface area (Å²) in [7, 11) is 0. The number of para-hydroxylation sites is 1. The Morgan fingerprint density at radius 2 is 1.38 bits per heavy atom. The fraction of sp³-hybridized carbons (Fsp3) is 0.161. The monoisotopic (exact) mass is 510 g/mol. The van der Waals surface area contributed by atoms with Gasteiger partial charge in [0.05, 0.1) is 0 Å². The average molecular weight is 511 g/mol. The number of benzene rings is 4. The lowest BCUT2D eigenvalue weighted by molar-refractivity contribution is -0.134. The van der Waals surface area contributed by atoms with E-state index < -0.39 is 0 Å². The van der Waals surface area contributed by atoms with E-state index >= 15 is 0 Å². The molecule has 0 unspecified atom stereocenters. The van der Waals surface area contributed by atoms with Crippen molar-refractivity contribution in [1.82, 2.24) is 0 Å². The lowest BCUT2D eigenvalue weighted by Gasteiger charge is -2.24. The fourth-order valence-electron chi connectivity index (χ4n) is 3.74. The standard InChI is InChI=1S/C31H30N2O3S/c1-2-9-30(34)36-27-16-20-29(21-17-27)37-28-18-14-26(15-19-28)33(23-22-24-10-5-3-6-11-24)31(35)32-25-12-7-4-8-13-25/h3-8,10-21H,2,9,22-23H2,1H3,(H,32,35). The van der Waals surface area contributed by atoms with Crippen LogP contribution in [0.25, 0.3) is 0 Å². The van der Waals surface area contributed by atoms with Gasteiger partial charge in [0.1, 0.15) is 5.75 Å². The number of hydrogen-bond acceptors (Lipinski definition) is 4. The van der Waals surface area contributed by atoms with Crippen LogP contribution in [0.5, 0.6) is 5.75 Å². The zero-order chi connectivity index (χ0) is 25.9. The predicted molar refractivity (Wildman–Crippen MR) is 151 cm³/mol. The van der Waals surface area contributed by atoms with E-state index in [0.717, 1.165) is 34.0 Å². The van der Waals surface area contributed by atoms with Gasteiger partial charge in [0.15, 0.2) is 0 Å². The van der Waals surface area contributed by atoms with E-state index in [1.807, 2.05) is 104 Å². The molecular weight excluding hydrogens is 480 g/mol. The highest BCUT2D eigenvalue weighted by Crippen LogP contribution is 2.31. The molecule has 0 saturated heterocycles. The van der Waals surface area contributed by atoms with Crippen molar-refractivity contribution < 1.29 is 14.3 Å². The number of carbonyl (C=O) groups is 2. The van der Waals surface area contributed by atoms with Gasteiger partial charge in [-0.05, 0) is 79.1 Å².